The third-order valence-corrected chi connectivity index (χ3v) is 4.66. The number of nitriles is 1. The number of aromatic nitrogens is 1. The van der Waals surface area contributed by atoms with Gasteiger partial charge in [-0.15, -0.1) is 0 Å². The van der Waals surface area contributed by atoms with Gasteiger partial charge in [0.15, 0.2) is 6.10 Å². The first-order valence-electron chi connectivity index (χ1n) is 8.39. The minimum absolute atomic E-state index is 0.0481. The maximum absolute atomic E-state index is 13.2. The van der Waals surface area contributed by atoms with E-state index in [0.29, 0.717) is 37.6 Å². The zero-order valence-corrected chi connectivity index (χ0v) is 13.8. The van der Waals surface area contributed by atoms with Crippen LogP contribution < -0.4 is 9.80 Å². The van der Waals surface area contributed by atoms with Gasteiger partial charge in [0.1, 0.15) is 5.82 Å². The van der Waals surface area contributed by atoms with Crippen molar-refractivity contribution in [2.24, 2.45) is 0 Å². The summed E-state index contributed by atoms with van der Waals surface area (Å²) in [6.07, 6.45) is 2.05. The van der Waals surface area contributed by atoms with Gasteiger partial charge in [-0.2, -0.15) is 5.26 Å². The Bertz CT molecular complexity index is 845. The van der Waals surface area contributed by atoms with Crippen LogP contribution in [0.3, 0.4) is 0 Å². The summed E-state index contributed by atoms with van der Waals surface area (Å²) in [5.41, 5.74) is 2.73. The lowest BCUT2D eigenvalue weighted by atomic mass is 10.1. The summed E-state index contributed by atoms with van der Waals surface area (Å²) < 4.78 is 5.40. The summed E-state index contributed by atoms with van der Waals surface area (Å²) >= 11 is 0. The topological polar surface area (TPSA) is 69.5 Å². The smallest absolute Gasteiger partial charge is 0.262 e. The first-order valence-corrected chi connectivity index (χ1v) is 8.39. The monoisotopic (exact) mass is 334 g/mol. The van der Waals surface area contributed by atoms with E-state index in [0.717, 1.165) is 12.1 Å². The number of benzene rings is 1. The fraction of sp³-hybridized carbons (Fsp3) is 0.316. The number of nitrogens with zero attached hydrogens (tertiary/aromatic N) is 4. The summed E-state index contributed by atoms with van der Waals surface area (Å²) in [4.78, 5) is 21.4. The highest BCUT2D eigenvalue weighted by Crippen LogP contribution is 2.30. The molecule has 6 heteroatoms. The Kier molecular flexibility index (Phi) is 4.08. The Labute approximate surface area is 146 Å². The number of hydrogen-bond donors (Lipinski definition) is 0. The van der Waals surface area contributed by atoms with Crippen LogP contribution in [0.15, 0.2) is 42.6 Å². The van der Waals surface area contributed by atoms with Crippen molar-refractivity contribution in [3.63, 3.8) is 0 Å². The van der Waals surface area contributed by atoms with Gasteiger partial charge in [-0.1, -0.05) is 18.2 Å². The van der Waals surface area contributed by atoms with E-state index in [1.54, 1.807) is 12.3 Å². The molecule has 1 atom stereocenters. The maximum atomic E-state index is 13.2. The minimum atomic E-state index is -0.494. The fourth-order valence-corrected chi connectivity index (χ4v) is 3.43. The molecule has 126 valence electrons. The number of hydrogen-bond acceptors (Lipinski definition) is 5. The van der Waals surface area contributed by atoms with Crippen molar-refractivity contribution in [1.29, 1.82) is 5.26 Å². The summed E-state index contributed by atoms with van der Waals surface area (Å²) in [6.45, 7) is 2.17. The molecule has 0 radical (unpaired) electrons. The zero-order valence-electron chi connectivity index (χ0n) is 13.8. The Morgan fingerprint density at radius 3 is 3.00 bits per heavy atom. The molecule has 0 spiro atoms. The van der Waals surface area contributed by atoms with Gasteiger partial charge in [-0.05, 0) is 30.2 Å². The zero-order chi connectivity index (χ0) is 17.2. The number of morpholine rings is 1. The van der Waals surface area contributed by atoms with Crippen molar-refractivity contribution >= 4 is 17.4 Å². The standard InChI is InChI=1S/C19H18N4O2/c20-12-15-13-22(10-11-25-15)18-16(5-3-8-21-18)19(24)23-9-7-14-4-1-2-6-17(14)23/h1-6,8,15H,7,9-11,13H2. The van der Waals surface area contributed by atoms with Gasteiger partial charge in [0.2, 0.25) is 0 Å². The Balaban J connectivity index is 1.66. The molecule has 1 fully saturated rings. The van der Waals surface area contributed by atoms with Gasteiger partial charge in [0, 0.05) is 25.0 Å². The highest BCUT2D eigenvalue weighted by Gasteiger charge is 2.30. The van der Waals surface area contributed by atoms with Crippen LogP contribution >= 0.6 is 0 Å². The molecule has 0 aliphatic carbocycles. The molecule has 1 aromatic heterocycles. The van der Waals surface area contributed by atoms with Crippen LogP contribution in [0.2, 0.25) is 0 Å². The van der Waals surface area contributed by atoms with Gasteiger partial charge in [0.05, 0.1) is 24.8 Å². The largest absolute Gasteiger partial charge is 0.360 e. The van der Waals surface area contributed by atoms with E-state index in [4.69, 9.17) is 10.00 Å². The number of carbonyl (C=O) groups excluding carboxylic acids is 1. The Morgan fingerprint density at radius 1 is 1.24 bits per heavy atom. The maximum Gasteiger partial charge on any atom is 0.262 e. The van der Waals surface area contributed by atoms with Crippen LogP contribution in [0.4, 0.5) is 11.5 Å². The first-order chi connectivity index (χ1) is 12.3. The van der Waals surface area contributed by atoms with Crippen LogP contribution in [-0.4, -0.2) is 43.2 Å². The van der Waals surface area contributed by atoms with Crippen molar-refractivity contribution < 1.29 is 9.53 Å². The molecule has 0 bridgehead atoms. The number of carbonyl (C=O) groups is 1. The van der Waals surface area contributed by atoms with Gasteiger partial charge >= 0.3 is 0 Å². The fourth-order valence-electron chi connectivity index (χ4n) is 3.43. The second-order valence-electron chi connectivity index (χ2n) is 6.14. The number of anilines is 2. The predicted molar refractivity (Wildman–Crippen MR) is 93.6 cm³/mol. The quantitative estimate of drug-likeness (QED) is 0.840. The number of amides is 1. The molecule has 0 saturated carbocycles. The molecule has 1 amide bonds. The molecule has 4 rings (SSSR count). The molecule has 25 heavy (non-hydrogen) atoms. The molecule has 2 aromatic rings. The van der Waals surface area contributed by atoms with Gasteiger partial charge in [-0.3, -0.25) is 4.79 Å². The van der Waals surface area contributed by atoms with Crippen molar-refractivity contribution in [2.75, 3.05) is 36.0 Å². The van der Waals surface area contributed by atoms with Crippen LogP contribution in [0, 0.1) is 11.3 Å². The van der Waals surface area contributed by atoms with E-state index >= 15 is 0 Å². The molecule has 2 aliphatic rings. The van der Waals surface area contributed by atoms with Gasteiger partial charge in [0.25, 0.3) is 5.91 Å². The summed E-state index contributed by atoms with van der Waals surface area (Å²) in [7, 11) is 0. The van der Waals surface area contributed by atoms with Crippen molar-refractivity contribution in [1.82, 2.24) is 4.98 Å². The average molecular weight is 334 g/mol. The highest BCUT2D eigenvalue weighted by atomic mass is 16.5. The molecule has 0 N–H and O–H groups in total. The number of para-hydroxylation sites is 1. The lowest BCUT2D eigenvalue weighted by Crippen LogP contribution is -2.43. The SMILES string of the molecule is N#CC1CN(c2ncccc2C(=O)N2CCc3ccccc32)CCO1. The van der Waals surface area contributed by atoms with Crippen LogP contribution in [0.5, 0.6) is 0 Å². The number of fused-ring (bicyclic) bond motifs is 1. The van der Waals surface area contributed by atoms with E-state index in [2.05, 4.69) is 17.1 Å². The summed E-state index contributed by atoms with van der Waals surface area (Å²) in [6, 6.07) is 13.7. The van der Waals surface area contributed by atoms with Gasteiger partial charge in [-0.25, -0.2) is 4.98 Å². The average Bonchev–Trinajstić information content (AvgIpc) is 3.11. The van der Waals surface area contributed by atoms with Crippen LogP contribution in [0.25, 0.3) is 0 Å². The molecular weight excluding hydrogens is 316 g/mol. The predicted octanol–water partition coefficient (Wildman–Crippen LogP) is 2.01. The number of ether oxygens (including phenoxy) is 1. The third-order valence-electron chi connectivity index (χ3n) is 4.66. The summed E-state index contributed by atoms with van der Waals surface area (Å²) in [5, 5.41) is 9.12. The van der Waals surface area contributed by atoms with E-state index in [9.17, 15) is 4.79 Å². The van der Waals surface area contributed by atoms with Crippen molar-refractivity contribution in [3.8, 4) is 6.07 Å². The van der Waals surface area contributed by atoms with E-state index < -0.39 is 6.10 Å². The lowest BCUT2D eigenvalue weighted by Gasteiger charge is -2.32. The normalized spacial score (nSPS) is 19.4. The molecule has 2 aliphatic heterocycles. The van der Waals surface area contributed by atoms with E-state index in [1.165, 1.54) is 5.56 Å². The number of rotatable bonds is 2. The first kappa shape index (κ1) is 15.6. The molecule has 1 unspecified atom stereocenters. The molecule has 6 nitrogen and oxygen atoms in total. The second-order valence-corrected chi connectivity index (χ2v) is 6.14. The Hall–Kier alpha value is -2.91. The second kappa shape index (κ2) is 6.54. The highest BCUT2D eigenvalue weighted by molar-refractivity contribution is 6.10. The van der Waals surface area contributed by atoms with Crippen molar-refractivity contribution in [3.05, 3.63) is 53.7 Å². The van der Waals surface area contributed by atoms with E-state index in [-0.39, 0.29) is 5.91 Å². The minimum Gasteiger partial charge on any atom is -0.360 e. The number of pyridine rings is 1. The molecular formula is C19H18N4O2. The van der Waals surface area contributed by atoms with Crippen molar-refractivity contribution in [2.45, 2.75) is 12.5 Å². The molecule has 1 aromatic carbocycles. The Morgan fingerprint density at radius 2 is 2.12 bits per heavy atom. The van der Waals surface area contributed by atoms with Crippen LogP contribution in [0.1, 0.15) is 15.9 Å². The molecule has 3 heterocycles. The molecule has 1 saturated heterocycles. The lowest BCUT2D eigenvalue weighted by molar-refractivity contribution is 0.0759. The van der Waals surface area contributed by atoms with E-state index in [1.807, 2.05) is 34.1 Å². The van der Waals surface area contributed by atoms with Crippen LogP contribution in [-0.2, 0) is 11.2 Å². The van der Waals surface area contributed by atoms with Gasteiger partial charge < -0.3 is 14.5 Å². The summed E-state index contributed by atoms with van der Waals surface area (Å²) in [5.74, 6) is 0.577. The third kappa shape index (κ3) is 2.83.